The molecule has 5 nitrogen and oxygen atoms in total. The van der Waals surface area contributed by atoms with E-state index in [0.29, 0.717) is 11.6 Å². The van der Waals surface area contributed by atoms with Crippen molar-refractivity contribution in [3.8, 4) is 0 Å². The fourth-order valence-corrected chi connectivity index (χ4v) is 4.76. The molecule has 7 heteroatoms. The van der Waals surface area contributed by atoms with Crippen molar-refractivity contribution in [1.29, 1.82) is 0 Å². The van der Waals surface area contributed by atoms with Crippen LogP contribution in [0.1, 0.15) is 36.1 Å². The van der Waals surface area contributed by atoms with Crippen LogP contribution in [0.15, 0.2) is 47.5 Å². The number of nitrogens with one attached hydrogen (secondary N) is 1. The zero-order valence-corrected chi connectivity index (χ0v) is 17.5. The van der Waals surface area contributed by atoms with Crippen LogP contribution in [0.4, 0.5) is 0 Å². The van der Waals surface area contributed by atoms with E-state index in [1.165, 1.54) is 0 Å². The Kier molecular flexibility index (Phi) is 6.21. The third-order valence-corrected chi connectivity index (χ3v) is 6.43. The van der Waals surface area contributed by atoms with Gasteiger partial charge in [0, 0.05) is 9.90 Å². The average Bonchev–Trinajstić information content (AvgIpc) is 3.23. The van der Waals surface area contributed by atoms with Crippen molar-refractivity contribution in [2.24, 2.45) is 0 Å². The summed E-state index contributed by atoms with van der Waals surface area (Å²) in [5, 5.41) is 5.50. The Hall–Kier alpha value is -2.31. The van der Waals surface area contributed by atoms with Gasteiger partial charge in [-0.2, -0.15) is 0 Å². The minimum absolute atomic E-state index is 0.0433. The first kappa shape index (κ1) is 20.0. The van der Waals surface area contributed by atoms with Crippen LogP contribution >= 0.6 is 22.9 Å². The van der Waals surface area contributed by atoms with Gasteiger partial charge in [0.15, 0.2) is 5.76 Å². The Morgan fingerprint density at radius 3 is 2.93 bits per heavy atom. The van der Waals surface area contributed by atoms with Crippen molar-refractivity contribution in [3.05, 3.63) is 63.0 Å². The standard InChI is InChI=1S/C22H23ClN2O3S/c23-16-6-3-5-15(11-16)12-20-22(27)25(18-8-1-2-9-19(18)28-20)14-21(26)24-13-17-7-4-10-29-17/h3-7,10-12,18-19H,1-2,8-9,13-14H2,(H,24,26)/b20-12+. The zero-order chi connectivity index (χ0) is 20.2. The van der Waals surface area contributed by atoms with Crippen molar-refractivity contribution < 1.29 is 14.3 Å². The van der Waals surface area contributed by atoms with Gasteiger partial charge in [-0.1, -0.05) is 36.2 Å². The summed E-state index contributed by atoms with van der Waals surface area (Å²) >= 11 is 7.66. The second-order valence-corrected chi connectivity index (χ2v) is 8.83. The van der Waals surface area contributed by atoms with Crippen molar-refractivity contribution in [2.45, 2.75) is 44.4 Å². The highest BCUT2D eigenvalue weighted by Gasteiger charge is 2.42. The van der Waals surface area contributed by atoms with Gasteiger partial charge in [0.05, 0.1) is 12.6 Å². The quantitative estimate of drug-likeness (QED) is 0.722. The van der Waals surface area contributed by atoms with Gasteiger partial charge in [-0.3, -0.25) is 9.59 Å². The number of hydrogen-bond acceptors (Lipinski definition) is 4. The summed E-state index contributed by atoms with van der Waals surface area (Å²) in [6.07, 6.45) is 5.50. The number of benzene rings is 1. The number of rotatable bonds is 5. The summed E-state index contributed by atoms with van der Waals surface area (Å²) in [5.41, 5.74) is 0.803. The third kappa shape index (κ3) is 4.82. The first-order valence-corrected chi connectivity index (χ1v) is 11.1. The molecule has 4 rings (SSSR count). The van der Waals surface area contributed by atoms with Gasteiger partial charge in [-0.15, -0.1) is 11.3 Å². The molecule has 0 bridgehead atoms. The van der Waals surface area contributed by atoms with Crippen LogP contribution in [0.2, 0.25) is 5.02 Å². The van der Waals surface area contributed by atoms with Gasteiger partial charge < -0.3 is 15.0 Å². The lowest BCUT2D eigenvalue weighted by molar-refractivity contribution is -0.151. The molecule has 1 saturated carbocycles. The van der Waals surface area contributed by atoms with Crippen LogP contribution in [-0.2, 0) is 20.9 Å². The number of amides is 2. The minimum Gasteiger partial charge on any atom is -0.482 e. The normalized spacial score (nSPS) is 22.9. The van der Waals surface area contributed by atoms with E-state index in [-0.39, 0.29) is 36.3 Å². The highest BCUT2D eigenvalue weighted by atomic mass is 35.5. The van der Waals surface area contributed by atoms with E-state index in [0.717, 1.165) is 36.1 Å². The summed E-state index contributed by atoms with van der Waals surface area (Å²) in [4.78, 5) is 28.5. The number of ether oxygens (including phenoxy) is 1. The molecule has 29 heavy (non-hydrogen) atoms. The summed E-state index contributed by atoms with van der Waals surface area (Å²) in [6, 6.07) is 11.2. The van der Waals surface area contributed by atoms with Gasteiger partial charge in [0.25, 0.3) is 5.91 Å². The third-order valence-electron chi connectivity index (χ3n) is 5.32. The number of morpholine rings is 1. The molecule has 2 unspecified atom stereocenters. The summed E-state index contributed by atoms with van der Waals surface area (Å²) in [7, 11) is 0. The number of thiophene rings is 1. The lowest BCUT2D eigenvalue weighted by Gasteiger charge is -2.44. The number of hydrogen-bond donors (Lipinski definition) is 1. The van der Waals surface area contributed by atoms with Gasteiger partial charge in [-0.25, -0.2) is 0 Å². The zero-order valence-electron chi connectivity index (χ0n) is 16.0. The second kappa shape index (κ2) is 9.01. The van der Waals surface area contributed by atoms with E-state index in [1.54, 1.807) is 34.4 Å². The monoisotopic (exact) mass is 430 g/mol. The van der Waals surface area contributed by atoms with Crippen molar-refractivity contribution >= 4 is 40.8 Å². The molecular weight excluding hydrogens is 408 g/mol. The fraction of sp³-hybridized carbons (Fsp3) is 0.364. The van der Waals surface area contributed by atoms with Crippen LogP contribution in [0.5, 0.6) is 0 Å². The van der Waals surface area contributed by atoms with E-state index >= 15 is 0 Å². The maximum atomic E-state index is 13.2. The molecule has 1 aliphatic carbocycles. The smallest absolute Gasteiger partial charge is 0.289 e. The van der Waals surface area contributed by atoms with E-state index in [9.17, 15) is 9.59 Å². The van der Waals surface area contributed by atoms with Crippen molar-refractivity contribution in [1.82, 2.24) is 10.2 Å². The van der Waals surface area contributed by atoms with Crippen LogP contribution in [-0.4, -0.2) is 35.4 Å². The van der Waals surface area contributed by atoms with E-state index in [4.69, 9.17) is 16.3 Å². The van der Waals surface area contributed by atoms with Gasteiger partial charge in [-0.05, 0) is 54.5 Å². The Balaban J connectivity index is 1.51. The lowest BCUT2D eigenvalue weighted by atomic mass is 9.89. The highest BCUT2D eigenvalue weighted by molar-refractivity contribution is 7.09. The summed E-state index contributed by atoms with van der Waals surface area (Å²) in [5.74, 6) is -0.110. The first-order valence-electron chi connectivity index (χ1n) is 9.84. The highest BCUT2D eigenvalue weighted by Crippen LogP contribution is 2.33. The lowest BCUT2D eigenvalue weighted by Crippen LogP contribution is -2.57. The Morgan fingerprint density at radius 1 is 1.28 bits per heavy atom. The predicted molar refractivity (Wildman–Crippen MR) is 114 cm³/mol. The maximum Gasteiger partial charge on any atom is 0.289 e. The van der Waals surface area contributed by atoms with Crippen LogP contribution in [0, 0.1) is 0 Å². The molecule has 2 atom stereocenters. The molecule has 152 valence electrons. The predicted octanol–water partition coefficient (Wildman–Crippen LogP) is 4.23. The molecule has 1 aromatic heterocycles. The molecule has 1 aliphatic heterocycles. The Bertz CT molecular complexity index is 913. The number of nitrogens with zero attached hydrogens (tertiary/aromatic N) is 1. The molecular formula is C22H23ClN2O3S. The number of halogens is 1. The summed E-state index contributed by atoms with van der Waals surface area (Å²) in [6.45, 7) is 0.524. The van der Waals surface area contributed by atoms with E-state index < -0.39 is 0 Å². The maximum absolute atomic E-state index is 13.2. The Morgan fingerprint density at radius 2 is 2.14 bits per heavy atom. The summed E-state index contributed by atoms with van der Waals surface area (Å²) < 4.78 is 6.07. The molecule has 2 fully saturated rings. The first-order chi connectivity index (χ1) is 14.1. The molecule has 2 aromatic rings. The fourth-order valence-electron chi connectivity index (χ4n) is 3.92. The molecule has 0 radical (unpaired) electrons. The number of carbonyl (C=O) groups excluding carboxylic acids is 2. The Labute approximate surface area is 179 Å². The molecule has 1 N–H and O–H groups in total. The molecule has 2 aliphatic rings. The van der Waals surface area contributed by atoms with E-state index in [2.05, 4.69) is 5.32 Å². The van der Waals surface area contributed by atoms with Gasteiger partial charge in [0.1, 0.15) is 12.6 Å². The van der Waals surface area contributed by atoms with E-state index in [1.807, 2.05) is 29.6 Å². The molecule has 0 spiro atoms. The van der Waals surface area contributed by atoms with Gasteiger partial charge in [0.2, 0.25) is 5.91 Å². The molecule has 1 aromatic carbocycles. The topological polar surface area (TPSA) is 58.6 Å². The van der Waals surface area contributed by atoms with Crippen molar-refractivity contribution in [2.75, 3.05) is 6.54 Å². The van der Waals surface area contributed by atoms with Crippen LogP contribution < -0.4 is 5.32 Å². The largest absolute Gasteiger partial charge is 0.482 e. The number of carbonyl (C=O) groups is 2. The van der Waals surface area contributed by atoms with Gasteiger partial charge >= 0.3 is 0 Å². The van der Waals surface area contributed by atoms with Crippen LogP contribution in [0.25, 0.3) is 6.08 Å². The average molecular weight is 431 g/mol. The SMILES string of the molecule is O=C(CN1C(=O)/C(=C\c2cccc(Cl)c2)OC2CCCCC21)NCc1cccs1. The van der Waals surface area contributed by atoms with Crippen LogP contribution in [0.3, 0.4) is 0 Å². The van der Waals surface area contributed by atoms with Crippen molar-refractivity contribution in [3.63, 3.8) is 0 Å². The second-order valence-electron chi connectivity index (χ2n) is 7.36. The molecule has 1 saturated heterocycles. The number of fused-ring (bicyclic) bond motifs is 1. The minimum atomic E-state index is -0.237. The molecule has 2 amide bonds. The molecule has 2 heterocycles.